The van der Waals surface area contributed by atoms with Gasteiger partial charge in [0.15, 0.2) is 0 Å². The van der Waals surface area contributed by atoms with E-state index in [0.717, 1.165) is 0 Å². The van der Waals surface area contributed by atoms with Gasteiger partial charge in [0, 0.05) is 0 Å². The molecule has 0 spiro atoms. The highest BCUT2D eigenvalue weighted by Crippen LogP contribution is 2.21. The molecule has 1 rings (SSSR count). The summed E-state index contributed by atoms with van der Waals surface area (Å²) >= 11 is 0. The second kappa shape index (κ2) is 7.59. The Morgan fingerprint density at radius 3 is 2.12 bits per heavy atom. The smallest absolute Gasteiger partial charge is 0.150 e. The maximum Gasteiger partial charge on any atom is 0.150 e. The van der Waals surface area contributed by atoms with Gasteiger partial charge >= 0.3 is 0 Å². The highest BCUT2D eigenvalue weighted by molar-refractivity contribution is 5.06. The van der Waals surface area contributed by atoms with Crippen LogP contribution in [0.15, 0.2) is 12.3 Å². The molecule has 7 heteroatoms. The zero-order valence-corrected chi connectivity index (χ0v) is 9.60. The van der Waals surface area contributed by atoms with Crippen LogP contribution in [0.1, 0.15) is 6.92 Å². The second-order valence-corrected chi connectivity index (χ2v) is 3.85. The molecule has 17 heavy (non-hydrogen) atoms. The molecule has 7 nitrogen and oxygen atoms in total. The zero-order valence-electron chi connectivity index (χ0n) is 9.60. The second-order valence-electron chi connectivity index (χ2n) is 3.85. The highest BCUT2D eigenvalue weighted by atomic mass is 16.5. The molecule has 0 aliphatic carbocycles. The standard InChI is InChI=1S/C7H12O4.C3H8O3/c1-7(10)2-3-11-5(4-8)6(7)9;4-1-3(6)2-5/h2-3,5-6,8-10H,4H2,1H3;3-6H,1-2H2/t5-,6-,7-;/m1./s1. The Labute approximate surface area is 99.2 Å². The van der Waals surface area contributed by atoms with E-state index in [9.17, 15) is 10.2 Å². The van der Waals surface area contributed by atoms with E-state index in [1.807, 2.05) is 0 Å². The monoisotopic (exact) mass is 252 g/mol. The molecular formula is C10H20O7. The van der Waals surface area contributed by atoms with Crippen molar-refractivity contribution in [1.82, 2.24) is 0 Å². The summed E-state index contributed by atoms with van der Waals surface area (Å²) in [5.74, 6) is 0. The Bertz CT molecular complexity index is 225. The molecule has 0 unspecified atom stereocenters. The van der Waals surface area contributed by atoms with Crippen molar-refractivity contribution in [2.24, 2.45) is 0 Å². The quantitative estimate of drug-likeness (QED) is 0.323. The van der Waals surface area contributed by atoms with Crippen LogP contribution in [0.25, 0.3) is 0 Å². The molecule has 1 aliphatic rings. The Morgan fingerprint density at radius 1 is 1.29 bits per heavy atom. The predicted octanol–water partition coefficient (Wildman–Crippen LogP) is -2.66. The predicted molar refractivity (Wildman–Crippen MR) is 57.9 cm³/mol. The van der Waals surface area contributed by atoms with Crippen LogP contribution in [0, 0.1) is 0 Å². The summed E-state index contributed by atoms with van der Waals surface area (Å²) in [4.78, 5) is 0. The van der Waals surface area contributed by atoms with E-state index in [-0.39, 0.29) is 19.8 Å². The molecule has 0 saturated heterocycles. The van der Waals surface area contributed by atoms with Gasteiger partial charge in [-0.25, -0.2) is 0 Å². The lowest BCUT2D eigenvalue weighted by atomic mass is 9.93. The van der Waals surface area contributed by atoms with Crippen molar-refractivity contribution in [2.45, 2.75) is 30.8 Å². The minimum atomic E-state index is -1.30. The number of aliphatic hydroxyl groups excluding tert-OH is 5. The third-order valence-electron chi connectivity index (χ3n) is 2.21. The summed E-state index contributed by atoms with van der Waals surface area (Å²) in [7, 11) is 0. The number of ether oxygens (including phenoxy) is 1. The van der Waals surface area contributed by atoms with E-state index in [2.05, 4.69) is 0 Å². The molecule has 1 heterocycles. The van der Waals surface area contributed by atoms with Crippen LogP contribution >= 0.6 is 0 Å². The summed E-state index contributed by atoms with van der Waals surface area (Å²) in [6, 6.07) is 0. The Hall–Kier alpha value is -0.700. The van der Waals surface area contributed by atoms with Gasteiger partial charge in [0.1, 0.15) is 23.9 Å². The molecular weight excluding hydrogens is 232 g/mol. The number of hydrogen-bond donors (Lipinski definition) is 6. The van der Waals surface area contributed by atoms with Gasteiger partial charge in [-0.3, -0.25) is 0 Å². The lowest BCUT2D eigenvalue weighted by molar-refractivity contribution is -0.122. The third-order valence-corrected chi connectivity index (χ3v) is 2.21. The molecule has 0 fully saturated rings. The van der Waals surface area contributed by atoms with Crippen molar-refractivity contribution < 1.29 is 35.4 Å². The molecule has 6 N–H and O–H groups in total. The Morgan fingerprint density at radius 2 is 1.82 bits per heavy atom. The maximum absolute atomic E-state index is 9.42. The first-order chi connectivity index (χ1) is 7.88. The molecule has 0 aromatic heterocycles. The van der Waals surface area contributed by atoms with E-state index >= 15 is 0 Å². The van der Waals surface area contributed by atoms with Gasteiger partial charge in [0.2, 0.25) is 0 Å². The van der Waals surface area contributed by atoms with Crippen molar-refractivity contribution in [3.63, 3.8) is 0 Å². The van der Waals surface area contributed by atoms with Crippen molar-refractivity contribution in [1.29, 1.82) is 0 Å². The lowest BCUT2D eigenvalue weighted by Gasteiger charge is -2.34. The minimum Gasteiger partial charge on any atom is -0.493 e. The molecule has 0 amide bonds. The van der Waals surface area contributed by atoms with Crippen LogP contribution in [-0.4, -0.2) is 74.4 Å². The first-order valence-electron chi connectivity index (χ1n) is 5.13. The molecule has 0 saturated carbocycles. The summed E-state index contributed by atoms with van der Waals surface area (Å²) < 4.78 is 4.83. The van der Waals surface area contributed by atoms with Gasteiger partial charge in [0.25, 0.3) is 0 Å². The summed E-state index contributed by atoms with van der Waals surface area (Å²) in [5, 5.41) is 51.4. The van der Waals surface area contributed by atoms with Crippen LogP contribution in [-0.2, 0) is 4.74 Å². The summed E-state index contributed by atoms with van der Waals surface area (Å²) in [5.41, 5.74) is -1.30. The van der Waals surface area contributed by atoms with E-state index in [1.54, 1.807) is 0 Å². The molecule has 0 bridgehead atoms. The van der Waals surface area contributed by atoms with Crippen molar-refractivity contribution in [3.8, 4) is 0 Å². The van der Waals surface area contributed by atoms with Crippen molar-refractivity contribution in [2.75, 3.05) is 19.8 Å². The highest BCUT2D eigenvalue weighted by Gasteiger charge is 2.37. The summed E-state index contributed by atoms with van der Waals surface area (Å²) in [6.07, 6.45) is -0.116. The van der Waals surface area contributed by atoms with E-state index < -0.39 is 23.9 Å². The SMILES string of the molecule is C[C@@]1(O)C=CO[C@H](CO)[C@H]1O.OCC(O)CO. The zero-order chi connectivity index (χ0) is 13.5. The van der Waals surface area contributed by atoms with Crippen LogP contribution in [0.5, 0.6) is 0 Å². The normalized spacial score (nSPS) is 31.8. The van der Waals surface area contributed by atoms with E-state index in [4.69, 9.17) is 25.2 Å². The van der Waals surface area contributed by atoms with Crippen LogP contribution < -0.4 is 0 Å². The average Bonchev–Trinajstić information content (AvgIpc) is 2.32. The van der Waals surface area contributed by atoms with Gasteiger partial charge in [-0.05, 0) is 13.0 Å². The van der Waals surface area contributed by atoms with E-state index in [1.165, 1.54) is 19.3 Å². The van der Waals surface area contributed by atoms with Gasteiger partial charge in [-0.15, -0.1) is 0 Å². The van der Waals surface area contributed by atoms with Gasteiger partial charge in [0.05, 0.1) is 26.1 Å². The Balaban J connectivity index is 0.000000366. The van der Waals surface area contributed by atoms with Crippen molar-refractivity contribution >= 4 is 0 Å². The molecule has 0 aromatic rings. The largest absolute Gasteiger partial charge is 0.493 e. The summed E-state index contributed by atoms with van der Waals surface area (Å²) in [6.45, 7) is 0.425. The molecule has 3 atom stereocenters. The van der Waals surface area contributed by atoms with Crippen LogP contribution in [0.3, 0.4) is 0 Å². The number of rotatable bonds is 3. The van der Waals surface area contributed by atoms with Crippen LogP contribution in [0.2, 0.25) is 0 Å². The van der Waals surface area contributed by atoms with Gasteiger partial charge < -0.3 is 35.4 Å². The third kappa shape index (κ3) is 5.44. The van der Waals surface area contributed by atoms with E-state index in [0.29, 0.717) is 0 Å². The molecule has 1 aliphatic heterocycles. The van der Waals surface area contributed by atoms with Crippen molar-refractivity contribution in [3.05, 3.63) is 12.3 Å². The first-order valence-corrected chi connectivity index (χ1v) is 5.13. The molecule has 0 radical (unpaired) electrons. The number of aliphatic hydroxyl groups is 6. The van der Waals surface area contributed by atoms with Gasteiger partial charge in [-0.1, -0.05) is 0 Å². The topological polar surface area (TPSA) is 131 Å². The fourth-order valence-electron chi connectivity index (χ4n) is 1.03. The van der Waals surface area contributed by atoms with Crippen LogP contribution in [0.4, 0.5) is 0 Å². The molecule has 0 aromatic carbocycles. The van der Waals surface area contributed by atoms with Gasteiger partial charge in [-0.2, -0.15) is 0 Å². The Kier molecular flexibility index (Phi) is 7.28. The maximum atomic E-state index is 9.42. The minimum absolute atomic E-state index is 0.304. The molecule has 102 valence electrons. The lowest BCUT2D eigenvalue weighted by Crippen LogP contribution is -2.49. The average molecular weight is 252 g/mol. The number of hydrogen-bond acceptors (Lipinski definition) is 7. The fraction of sp³-hybridized carbons (Fsp3) is 0.800. The fourth-order valence-corrected chi connectivity index (χ4v) is 1.03. The first kappa shape index (κ1) is 16.3.